The number of rotatable bonds is 6. The largest absolute Gasteiger partial charge is 0.351 e. The Morgan fingerprint density at radius 1 is 1.26 bits per heavy atom. The van der Waals surface area contributed by atoms with E-state index in [1.807, 2.05) is 18.2 Å². The van der Waals surface area contributed by atoms with Crippen LogP contribution in [-0.2, 0) is 0 Å². The summed E-state index contributed by atoms with van der Waals surface area (Å²) in [6.07, 6.45) is 6.40. The van der Waals surface area contributed by atoms with Gasteiger partial charge in [0.25, 0.3) is 0 Å². The van der Waals surface area contributed by atoms with Crippen LogP contribution >= 0.6 is 0 Å². The first kappa shape index (κ1) is 15.7. The van der Waals surface area contributed by atoms with E-state index in [2.05, 4.69) is 57.7 Å². The molecule has 1 saturated heterocycles. The standard InChI is InChI=1S/C19H24N4/c1-16(13-17-7-3-2-4-8-17)14-20-15-18-9-6-12-23(18)19-10-5-11-21-22-19/h2-5,7-8,10-11,13,18,20H,6,9,12,14-15H2,1H3/b16-13+/t18-/m0/s1. The van der Waals surface area contributed by atoms with Crippen LogP contribution in [0.15, 0.2) is 54.2 Å². The van der Waals surface area contributed by atoms with Gasteiger partial charge in [-0.2, -0.15) is 5.10 Å². The average Bonchev–Trinajstić information content (AvgIpc) is 3.05. The second-order valence-corrected chi connectivity index (χ2v) is 6.10. The van der Waals surface area contributed by atoms with Crippen LogP contribution in [0.3, 0.4) is 0 Å². The summed E-state index contributed by atoms with van der Waals surface area (Å²) < 4.78 is 0. The molecule has 1 atom stereocenters. The number of nitrogens with one attached hydrogen (secondary N) is 1. The van der Waals surface area contributed by atoms with Crippen LogP contribution in [0.4, 0.5) is 5.82 Å². The lowest BCUT2D eigenvalue weighted by atomic mass is 10.1. The molecule has 0 radical (unpaired) electrons. The van der Waals surface area contributed by atoms with Gasteiger partial charge in [0.1, 0.15) is 0 Å². The summed E-state index contributed by atoms with van der Waals surface area (Å²) in [5.41, 5.74) is 2.61. The van der Waals surface area contributed by atoms with Crippen LogP contribution in [0.1, 0.15) is 25.3 Å². The summed E-state index contributed by atoms with van der Waals surface area (Å²) in [6, 6.07) is 15.0. The summed E-state index contributed by atoms with van der Waals surface area (Å²) in [5, 5.41) is 11.8. The zero-order valence-electron chi connectivity index (χ0n) is 13.7. The van der Waals surface area contributed by atoms with E-state index < -0.39 is 0 Å². The zero-order valence-corrected chi connectivity index (χ0v) is 13.7. The number of hydrogen-bond acceptors (Lipinski definition) is 4. The minimum Gasteiger partial charge on any atom is -0.351 e. The van der Waals surface area contributed by atoms with Gasteiger partial charge in [-0.25, -0.2) is 0 Å². The number of nitrogens with zero attached hydrogens (tertiary/aromatic N) is 3. The second-order valence-electron chi connectivity index (χ2n) is 6.10. The number of aromatic nitrogens is 2. The highest BCUT2D eigenvalue weighted by Gasteiger charge is 2.25. The van der Waals surface area contributed by atoms with Crippen molar-refractivity contribution in [1.82, 2.24) is 15.5 Å². The lowest BCUT2D eigenvalue weighted by Gasteiger charge is -2.25. The summed E-state index contributed by atoms with van der Waals surface area (Å²) in [4.78, 5) is 2.37. The lowest BCUT2D eigenvalue weighted by Crippen LogP contribution is -2.39. The molecule has 1 aliphatic heterocycles. The summed E-state index contributed by atoms with van der Waals surface area (Å²) in [6.45, 7) is 5.15. The van der Waals surface area contributed by atoms with Gasteiger partial charge in [0.05, 0.1) is 0 Å². The Morgan fingerprint density at radius 3 is 2.91 bits per heavy atom. The van der Waals surface area contributed by atoms with Crippen LogP contribution in [0.25, 0.3) is 6.08 Å². The number of benzene rings is 1. The summed E-state index contributed by atoms with van der Waals surface area (Å²) in [7, 11) is 0. The molecule has 2 heterocycles. The number of anilines is 1. The Labute approximate surface area is 138 Å². The quantitative estimate of drug-likeness (QED) is 0.890. The molecular formula is C19H24N4. The van der Waals surface area contributed by atoms with Crippen LogP contribution in [-0.4, -0.2) is 35.9 Å². The predicted molar refractivity (Wildman–Crippen MR) is 95.4 cm³/mol. The molecular weight excluding hydrogens is 284 g/mol. The number of hydrogen-bond donors (Lipinski definition) is 1. The fourth-order valence-corrected chi connectivity index (χ4v) is 3.12. The minimum atomic E-state index is 0.510. The molecule has 1 aliphatic rings. The van der Waals surface area contributed by atoms with E-state index in [9.17, 15) is 0 Å². The Balaban J connectivity index is 1.51. The van der Waals surface area contributed by atoms with Gasteiger partial charge in [0, 0.05) is 31.9 Å². The van der Waals surface area contributed by atoms with Crippen LogP contribution in [0.5, 0.6) is 0 Å². The van der Waals surface area contributed by atoms with Crippen molar-refractivity contribution in [3.05, 3.63) is 59.8 Å². The van der Waals surface area contributed by atoms with Crippen molar-refractivity contribution >= 4 is 11.9 Å². The Bertz CT molecular complexity index is 624. The maximum absolute atomic E-state index is 4.25. The van der Waals surface area contributed by atoms with E-state index in [0.29, 0.717) is 6.04 Å². The molecule has 0 bridgehead atoms. The first-order chi connectivity index (χ1) is 11.3. The molecule has 0 saturated carbocycles. The fourth-order valence-electron chi connectivity index (χ4n) is 3.12. The highest BCUT2D eigenvalue weighted by Crippen LogP contribution is 2.22. The van der Waals surface area contributed by atoms with Gasteiger partial charge in [0.2, 0.25) is 0 Å². The first-order valence-corrected chi connectivity index (χ1v) is 8.30. The molecule has 23 heavy (non-hydrogen) atoms. The van der Waals surface area contributed by atoms with Gasteiger partial charge in [-0.15, -0.1) is 5.10 Å². The maximum atomic E-state index is 4.25. The highest BCUT2D eigenvalue weighted by atomic mass is 15.3. The van der Waals surface area contributed by atoms with Crippen molar-refractivity contribution < 1.29 is 0 Å². The van der Waals surface area contributed by atoms with Crippen molar-refractivity contribution in [2.75, 3.05) is 24.5 Å². The molecule has 1 N–H and O–H groups in total. The first-order valence-electron chi connectivity index (χ1n) is 8.30. The Morgan fingerprint density at radius 2 is 2.13 bits per heavy atom. The van der Waals surface area contributed by atoms with Crippen molar-refractivity contribution in [1.29, 1.82) is 0 Å². The molecule has 120 valence electrons. The van der Waals surface area contributed by atoms with Crippen molar-refractivity contribution in [2.24, 2.45) is 0 Å². The molecule has 0 amide bonds. The van der Waals surface area contributed by atoms with Gasteiger partial charge in [0.15, 0.2) is 5.82 Å². The smallest absolute Gasteiger partial charge is 0.151 e. The van der Waals surface area contributed by atoms with Crippen molar-refractivity contribution in [2.45, 2.75) is 25.8 Å². The SMILES string of the molecule is C/C(=C\c1ccccc1)CNC[C@@H]1CCCN1c1cccnn1. The van der Waals surface area contributed by atoms with E-state index in [1.54, 1.807) is 6.20 Å². The van der Waals surface area contributed by atoms with Crippen molar-refractivity contribution in [3.63, 3.8) is 0 Å². The fraction of sp³-hybridized carbons (Fsp3) is 0.368. The Kier molecular flexibility index (Phi) is 5.37. The highest BCUT2D eigenvalue weighted by molar-refractivity contribution is 5.52. The molecule has 0 unspecified atom stereocenters. The molecule has 2 aromatic rings. The third-order valence-corrected chi connectivity index (χ3v) is 4.23. The van der Waals surface area contributed by atoms with Gasteiger partial charge < -0.3 is 10.2 Å². The molecule has 4 heteroatoms. The van der Waals surface area contributed by atoms with E-state index in [-0.39, 0.29) is 0 Å². The molecule has 1 aromatic carbocycles. The molecule has 4 nitrogen and oxygen atoms in total. The van der Waals surface area contributed by atoms with E-state index in [4.69, 9.17) is 0 Å². The van der Waals surface area contributed by atoms with E-state index in [0.717, 1.165) is 25.5 Å². The van der Waals surface area contributed by atoms with Gasteiger partial charge >= 0.3 is 0 Å². The van der Waals surface area contributed by atoms with Crippen LogP contribution in [0.2, 0.25) is 0 Å². The Hall–Kier alpha value is -2.20. The molecule has 3 rings (SSSR count). The average molecular weight is 308 g/mol. The van der Waals surface area contributed by atoms with E-state index >= 15 is 0 Å². The second kappa shape index (κ2) is 7.88. The van der Waals surface area contributed by atoms with Gasteiger partial charge in [-0.1, -0.05) is 42.0 Å². The van der Waals surface area contributed by atoms with E-state index in [1.165, 1.54) is 24.0 Å². The monoisotopic (exact) mass is 308 g/mol. The minimum absolute atomic E-state index is 0.510. The van der Waals surface area contributed by atoms with Crippen LogP contribution in [0, 0.1) is 0 Å². The third kappa shape index (κ3) is 4.39. The summed E-state index contributed by atoms with van der Waals surface area (Å²) in [5.74, 6) is 0.994. The summed E-state index contributed by atoms with van der Waals surface area (Å²) >= 11 is 0. The molecule has 1 fully saturated rings. The normalized spacial score (nSPS) is 18.4. The van der Waals surface area contributed by atoms with Gasteiger partial charge in [-0.05, 0) is 37.5 Å². The molecule has 0 aliphatic carbocycles. The molecule has 1 aromatic heterocycles. The molecule has 0 spiro atoms. The third-order valence-electron chi connectivity index (χ3n) is 4.23. The maximum Gasteiger partial charge on any atom is 0.151 e. The zero-order chi connectivity index (χ0) is 15.9. The lowest BCUT2D eigenvalue weighted by molar-refractivity contribution is 0.588. The van der Waals surface area contributed by atoms with Gasteiger partial charge in [-0.3, -0.25) is 0 Å². The van der Waals surface area contributed by atoms with Crippen LogP contribution < -0.4 is 10.2 Å². The van der Waals surface area contributed by atoms with Crippen molar-refractivity contribution in [3.8, 4) is 0 Å². The predicted octanol–water partition coefficient (Wildman–Crippen LogP) is 3.14. The topological polar surface area (TPSA) is 41.0 Å².